The van der Waals surface area contributed by atoms with Crippen molar-refractivity contribution in [3.05, 3.63) is 60.4 Å². The Kier molecular flexibility index (Phi) is 4.07. The molecule has 96 valence electrons. The number of hydrogen-bond acceptors (Lipinski definition) is 3. The topological polar surface area (TPSA) is 83.1 Å². The fourth-order valence-corrected chi connectivity index (χ4v) is 1.37. The molecular weight excluding hydrogens is 244 g/mol. The SMILES string of the molecule is O=C(NNC(=O)c1ccncc1)Nc1ccccc1. The molecule has 0 atom stereocenters. The number of benzene rings is 1. The normalized spacial score (nSPS) is 9.47. The smallest absolute Gasteiger partial charge is 0.307 e. The summed E-state index contributed by atoms with van der Waals surface area (Å²) in [6, 6.07) is 11.5. The van der Waals surface area contributed by atoms with Crippen LogP contribution in [0.3, 0.4) is 0 Å². The quantitative estimate of drug-likeness (QED) is 0.713. The van der Waals surface area contributed by atoms with E-state index in [2.05, 4.69) is 21.2 Å². The molecule has 19 heavy (non-hydrogen) atoms. The van der Waals surface area contributed by atoms with E-state index in [-0.39, 0.29) is 0 Å². The van der Waals surface area contributed by atoms with Gasteiger partial charge >= 0.3 is 6.03 Å². The molecule has 0 radical (unpaired) electrons. The van der Waals surface area contributed by atoms with Gasteiger partial charge in [0.05, 0.1) is 0 Å². The summed E-state index contributed by atoms with van der Waals surface area (Å²) in [5.74, 6) is -0.411. The first-order chi connectivity index (χ1) is 9.25. The number of hydrogen-bond donors (Lipinski definition) is 3. The summed E-state index contributed by atoms with van der Waals surface area (Å²) >= 11 is 0. The lowest BCUT2D eigenvalue weighted by atomic mass is 10.3. The molecule has 0 aliphatic carbocycles. The van der Waals surface area contributed by atoms with E-state index < -0.39 is 11.9 Å². The molecule has 1 heterocycles. The largest absolute Gasteiger partial charge is 0.337 e. The Morgan fingerprint density at radius 2 is 1.58 bits per heavy atom. The van der Waals surface area contributed by atoms with Crippen molar-refractivity contribution in [2.75, 3.05) is 5.32 Å². The third kappa shape index (κ3) is 3.81. The molecule has 3 N–H and O–H groups in total. The molecule has 1 aromatic heterocycles. The van der Waals surface area contributed by atoms with Crippen LogP contribution in [0.5, 0.6) is 0 Å². The van der Waals surface area contributed by atoms with Gasteiger partial charge in [-0.1, -0.05) is 18.2 Å². The van der Waals surface area contributed by atoms with E-state index in [1.807, 2.05) is 6.07 Å². The van der Waals surface area contributed by atoms with Crippen molar-refractivity contribution in [3.63, 3.8) is 0 Å². The molecule has 2 aromatic rings. The predicted molar refractivity (Wildman–Crippen MR) is 70.3 cm³/mol. The highest BCUT2D eigenvalue weighted by atomic mass is 16.2. The van der Waals surface area contributed by atoms with Gasteiger partial charge in [-0.3, -0.25) is 15.2 Å². The molecule has 0 saturated heterocycles. The maximum atomic E-state index is 11.6. The van der Waals surface area contributed by atoms with Gasteiger partial charge in [0.2, 0.25) is 0 Å². The van der Waals surface area contributed by atoms with Crippen molar-refractivity contribution in [2.45, 2.75) is 0 Å². The Hall–Kier alpha value is -2.89. The third-order valence-corrected chi connectivity index (χ3v) is 2.26. The Balaban J connectivity index is 1.83. The lowest BCUT2D eigenvalue weighted by molar-refractivity contribution is 0.0938. The number of hydrazine groups is 1. The Morgan fingerprint density at radius 1 is 0.895 bits per heavy atom. The summed E-state index contributed by atoms with van der Waals surface area (Å²) in [7, 11) is 0. The average Bonchev–Trinajstić information content (AvgIpc) is 2.47. The predicted octanol–water partition coefficient (Wildman–Crippen LogP) is 1.55. The monoisotopic (exact) mass is 256 g/mol. The van der Waals surface area contributed by atoms with Gasteiger partial charge in [0.15, 0.2) is 0 Å². The zero-order chi connectivity index (χ0) is 13.5. The van der Waals surface area contributed by atoms with Crippen molar-refractivity contribution in [3.8, 4) is 0 Å². The van der Waals surface area contributed by atoms with Gasteiger partial charge < -0.3 is 5.32 Å². The molecule has 0 bridgehead atoms. The van der Waals surface area contributed by atoms with Crippen molar-refractivity contribution in [1.29, 1.82) is 0 Å². The number of para-hydroxylation sites is 1. The second-order valence-electron chi connectivity index (χ2n) is 3.64. The van der Waals surface area contributed by atoms with E-state index in [0.29, 0.717) is 11.3 Å². The van der Waals surface area contributed by atoms with E-state index >= 15 is 0 Å². The van der Waals surface area contributed by atoms with Gasteiger partial charge in [-0.25, -0.2) is 10.2 Å². The highest BCUT2D eigenvalue weighted by molar-refractivity contribution is 5.96. The van der Waals surface area contributed by atoms with E-state index in [1.54, 1.807) is 36.4 Å². The number of rotatable bonds is 2. The zero-order valence-electron chi connectivity index (χ0n) is 9.96. The van der Waals surface area contributed by atoms with Crippen molar-refractivity contribution < 1.29 is 9.59 Å². The molecular formula is C13H12N4O2. The molecule has 6 nitrogen and oxygen atoms in total. The molecule has 2 rings (SSSR count). The first-order valence-corrected chi connectivity index (χ1v) is 5.58. The number of carbonyl (C=O) groups excluding carboxylic acids is 2. The first-order valence-electron chi connectivity index (χ1n) is 5.58. The number of nitrogens with zero attached hydrogens (tertiary/aromatic N) is 1. The minimum absolute atomic E-state index is 0.411. The van der Waals surface area contributed by atoms with Gasteiger partial charge in [-0.15, -0.1) is 0 Å². The molecule has 0 aliphatic rings. The summed E-state index contributed by atoms with van der Waals surface area (Å²) in [5.41, 5.74) is 5.60. The minimum Gasteiger partial charge on any atom is -0.307 e. The first kappa shape index (κ1) is 12.6. The van der Waals surface area contributed by atoms with E-state index in [4.69, 9.17) is 0 Å². The third-order valence-electron chi connectivity index (χ3n) is 2.26. The number of aromatic nitrogens is 1. The van der Waals surface area contributed by atoms with Crippen LogP contribution in [-0.4, -0.2) is 16.9 Å². The molecule has 0 aliphatic heterocycles. The number of nitrogens with one attached hydrogen (secondary N) is 3. The van der Waals surface area contributed by atoms with Crippen LogP contribution >= 0.6 is 0 Å². The van der Waals surface area contributed by atoms with Crippen molar-refractivity contribution in [1.82, 2.24) is 15.8 Å². The van der Waals surface area contributed by atoms with Crippen LogP contribution in [0, 0.1) is 0 Å². The molecule has 6 heteroatoms. The fourth-order valence-electron chi connectivity index (χ4n) is 1.37. The standard InChI is InChI=1S/C13H12N4O2/c18-12(10-6-8-14-9-7-10)16-17-13(19)15-11-4-2-1-3-5-11/h1-9H,(H,16,18)(H2,15,17,19). The Morgan fingerprint density at radius 3 is 2.26 bits per heavy atom. The zero-order valence-corrected chi connectivity index (χ0v) is 9.96. The number of anilines is 1. The summed E-state index contributed by atoms with van der Waals surface area (Å²) in [6.07, 6.45) is 3.00. The maximum Gasteiger partial charge on any atom is 0.337 e. The van der Waals surface area contributed by atoms with Gasteiger partial charge in [0, 0.05) is 23.6 Å². The van der Waals surface area contributed by atoms with Crippen LogP contribution < -0.4 is 16.2 Å². The molecule has 0 spiro atoms. The average molecular weight is 256 g/mol. The van der Waals surface area contributed by atoms with Gasteiger partial charge in [0.1, 0.15) is 0 Å². The second kappa shape index (κ2) is 6.15. The molecule has 0 fully saturated rings. The van der Waals surface area contributed by atoms with Crippen LogP contribution in [0.2, 0.25) is 0 Å². The van der Waals surface area contributed by atoms with Gasteiger partial charge in [0.25, 0.3) is 5.91 Å². The van der Waals surface area contributed by atoms with Crippen LogP contribution in [0.1, 0.15) is 10.4 Å². The summed E-state index contributed by atoms with van der Waals surface area (Å²) in [5, 5.41) is 2.57. The van der Waals surface area contributed by atoms with Crippen LogP contribution in [0.25, 0.3) is 0 Å². The number of amides is 3. The Labute approximate surface area is 109 Å². The summed E-state index contributed by atoms with van der Waals surface area (Å²) in [4.78, 5) is 26.9. The maximum absolute atomic E-state index is 11.6. The molecule has 0 saturated carbocycles. The van der Waals surface area contributed by atoms with E-state index in [1.165, 1.54) is 12.4 Å². The fraction of sp³-hybridized carbons (Fsp3) is 0. The molecule has 3 amide bonds. The Bertz CT molecular complexity index is 557. The van der Waals surface area contributed by atoms with Crippen LogP contribution in [-0.2, 0) is 0 Å². The van der Waals surface area contributed by atoms with Gasteiger partial charge in [-0.2, -0.15) is 0 Å². The van der Waals surface area contributed by atoms with E-state index in [0.717, 1.165) is 0 Å². The van der Waals surface area contributed by atoms with Gasteiger partial charge in [-0.05, 0) is 24.3 Å². The van der Waals surface area contributed by atoms with Crippen LogP contribution in [0.15, 0.2) is 54.9 Å². The second-order valence-corrected chi connectivity index (χ2v) is 3.64. The highest BCUT2D eigenvalue weighted by Crippen LogP contribution is 2.03. The lowest BCUT2D eigenvalue weighted by Crippen LogP contribution is -2.43. The lowest BCUT2D eigenvalue weighted by Gasteiger charge is -2.08. The number of carbonyl (C=O) groups is 2. The van der Waals surface area contributed by atoms with Crippen LogP contribution in [0.4, 0.5) is 10.5 Å². The van der Waals surface area contributed by atoms with Crippen molar-refractivity contribution in [2.24, 2.45) is 0 Å². The van der Waals surface area contributed by atoms with Crippen molar-refractivity contribution >= 4 is 17.6 Å². The highest BCUT2D eigenvalue weighted by Gasteiger charge is 2.06. The molecule has 1 aromatic carbocycles. The number of pyridine rings is 1. The number of urea groups is 1. The summed E-state index contributed by atoms with van der Waals surface area (Å²) in [6.45, 7) is 0. The molecule has 0 unspecified atom stereocenters. The summed E-state index contributed by atoms with van der Waals surface area (Å²) < 4.78 is 0. The van der Waals surface area contributed by atoms with E-state index in [9.17, 15) is 9.59 Å². The minimum atomic E-state index is -0.520.